The molecule has 22 heavy (non-hydrogen) atoms. The van der Waals surface area contributed by atoms with E-state index >= 15 is 0 Å². The molecule has 1 heterocycles. The third kappa shape index (κ3) is 3.93. The summed E-state index contributed by atoms with van der Waals surface area (Å²) in [6, 6.07) is 6.11. The molecule has 1 aromatic carbocycles. The second kappa shape index (κ2) is 6.30. The lowest BCUT2D eigenvalue weighted by Gasteiger charge is -2.16. The van der Waals surface area contributed by atoms with Gasteiger partial charge in [0.2, 0.25) is 5.91 Å². The topological polar surface area (TPSA) is 64.0 Å². The van der Waals surface area contributed by atoms with Crippen LogP contribution in [0.15, 0.2) is 24.4 Å². The number of carbonyl (C=O) groups excluding carboxylic acids is 2. The van der Waals surface area contributed by atoms with Crippen LogP contribution in [0.1, 0.15) is 32.8 Å². The van der Waals surface area contributed by atoms with Gasteiger partial charge in [0.1, 0.15) is 0 Å². The summed E-state index contributed by atoms with van der Waals surface area (Å²) in [7, 11) is 0. The van der Waals surface area contributed by atoms with Crippen molar-refractivity contribution in [3.8, 4) is 0 Å². The Labute approximate surface area is 130 Å². The van der Waals surface area contributed by atoms with Crippen molar-refractivity contribution < 1.29 is 9.59 Å². The number of nitrogens with zero attached hydrogens (tertiary/aromatic N) is 2. The molecule has 0 bridgehead atoms. The summed E-state index contributed by atoms with van der Waals surface area (Å²) < 4.78 is 1.82. The average molecular weight is 301 g/mol. The van der Waals surface area contributed by atoms with Gasteiger partial charge >= 0.3 is 0 Å². The van der Waals surface area contributed by atoms with Crippen LogP contribution in [-0.4, -0.2) is 28.0 Å². The zero-order chi connectivity index (χ0) is 16.3. The molecule has 1 amide bonds. The standard InChI is InChI=1S/C17H23N3O2/c1-12-5-6-14-13(9-12)10-19-20(14)8-7-16(22)18-11-15(21)17(2,3)4/h5-6,9-10H,7-8,11H2,1-4H3,(H,18,22). The molecule has 5 heteroatoms. The van der Waals surface area contributed by atoms with Gasteiger partial charge in [-0.05, 0) is 19.1 Å². The van der Waals surface area contributed by atoms with Gasteiger partial charge in [-0.25, -0.2) is 0 Å². The van der Waals surface area contributed by atoms with Gasteiger partial charge < -0.3 is 5.32 Å². The van der Waals surface area contributed by atoms with Crippen molar-refractivity contribution in [2.24, 2.45) is 5.41 Å². The van der Waals surface area contributed by atoms with E-state index < -0.39 is 5.41 Å². The lowest BCUT2D eigenvalue weighted by Crippen LogP contribution is -2.35. The predicted molar refractivity (Wildman–Crippen MR) is 86.6 cm³/mol. The zero-order valence-corrected chi connectivity index (χ0v) is 13.6. The Balaban J connectivity index is 1.89. The summed E-state index contributed by atoms with van der Waals surface area (Å²) in [5.74, 6) is -0.103. The number of carbonyl (C=O) groups is 2. The number of benzene rings is 1. The van der Waals surface area contributed by atoms with Crippen molar-refractivity contribution in [2.45, 2.75) is 40.7 Å². The minimum absolute atomic E-state index is 0.0286. The molecule has 118 valence electrons. The van der Waals surface area contributed by atoms with E-state index in [9.17, 15) is 9.59 Å². The van der Waals surface area contributed by atoms with E-state index in [1.54, 1.807) is 0 Å². The summed E-state index contributed by atoms with van der Waals surface area (Å²) in [6.45, 7) is 8.16. The second-order valence-electron chi connectivity index (χ2n) is 6.63. The molecule has 0 radical (unpaired) electrons. The molecule has 0 aliphatic carbocycles. The van der Waals surface area contributed by atoms with Crippen molar-refractivity contribution in [3.05, 3.63) is 30.0 Å². The number of rotatable bonds is 5. The first-order chi connectivity index (χ1) is 10.3. The third-order valence-electron chi connectivity index (χ3n) is 3.63. The molecular formula is C17H23N3O2. The number of amides is 1. The number of fused-ring (bicyclic) bond motifs is 1. The fourth-order valence-corrected chi connectivity index (χ4v) is 2.12. The molecule has 0 spiro atoms. The van der Waals surface area contributed by atoms with Crippen molar-refractivity contribution >= 4 is 22.6 Å². The predicted octanol–water partition coefficient (Wildman–Crippen LogP) is 2.47. The number of aryl methyl sites for hydroxylation is 2. The van der Waals surface area contributed by atoms with E-state index in [-0.39, 0.29) is 18.2 Å². The molecule has 2 rings (SSSR count). The van der Waals surface area contributed by atoms with Crippen molar-refractivity contribution in [2.75, 3.05) is 6.54 Å². The van der Waals surface area contributed by atoms with Gasteiger partial charge in [0.15, 0.2) is 5.78 Å². The van der Waals surface area contributed by atoms with Crippen LogP contribution >= 0.6 is 0 Å². The van der Waals surface area contributed by atoms with Gasteiger partial charge in [0.25, 0.3) is 0 Å². The molecule has 0 saturated carbocycles. The molecular weight excluding hydrogens is 278 g/mol. The van der Waals surface area contributed by atoms with Gasteiger partial charge in [-0.15, -0.1) is 0 Å². The molecule has 2 aromatic rings. The van der Waals surface area contributed by atoms with Crippen LogP contribution in [0.25, 0.3) is 10.9 Å². The first-order valence-corrected chi connectivity index (χ1v) is 7.49. The molecule has 0 saturated heterocycles. The van der Waals surface area contributed by atoms with E-state index in [0.29, 0.717) is 13.0 Å². The second-order valence-corrected chi connectivity index (χ2v) is 6.63. The van der Waals surface area contributed by atoms with Crippen LogP contribution < -0.4 is 5.32 Å². The van der Waals surface area contributed by atoms with E-state index in [2.05, 4.69) is 16.5 Å². The minimum atomic E-state index is -0.427. The number of nitrogens with one attached hydrogen (secondary N) is 1. The van der Waals surface area contributed by atoms with Gasteiger partial charge in [-0.2, -0.15) is 5.10 Å². The summed E-state index contributed by atoms with van der Waals surface area (Å²) in [4.78, 5) is 23.6. The maximum absolute atomic E-state index is 11.9. The van der Waals surface area contributed by atoms with Crippen molar-refractivity contribution in [1.29, 1.82) is 0 Å². The quantitative estimate of drug-likeness (QED) is 0.922. The van der Waals surface area contributed by atoms with E-state index in [1.807, 2.05) is 50.7 Å². The molecule has 1 aromatic heterocycles. The highest BCUT2D eigenvalue weighted by Crippen LogP contribution is 2.16. The van der Waals surface area contributed by atoms with Crippen molar-refractivity contribution in [3.63, 3.8) is 0 Å². The average Bonchev–Trinajstić information content (AvgIpc) is 2.83. The Morgan fingerprint density at radius 2 is 2.00 bits per heavy atom. The normalized spacial score (nSPS) is 11.6. The summed E-state index contributed by atoms with van der Waals surface area (Å²) in [6.07, 6.45) is 2.12. The lowest BCUT2D eigenvalue weighted by atomic mass is 9.91. The van der Waals surface area contributed by atoms with Crippen LogP contribution in [0, 0.1) is 12.3 Å². The Kier molecular flexibility index (Phi) is 4.64. The van der Waals surface area contributed by atoms with Gasteiger partial charge in [-0.3, -0.25) is 14.3 Å². The molecule has 0 fully saturated rings. The molecule has 0 atom stereocenters. The lowest BCUT2D eigenvalue weighted by molar-refractivity contribution is -0.129. The summed E-state index contributed by atoms with van der Waals surface area (Å²) in [5.41, 5.74) is 1.78. The Morgan fingerprint density at radius 3 is 2.68 bits per heavy atom. The zero-order valence-electron chi connectivity index (χ0n) is 13.6. The van der Waals surface area contributed by atoms with Crippen LogP contribution in [0.2, 0.25) is 0 Å². The third-order valence-corrected chi connectivity index (χ3v) is 3.63. The van der Waals surface area contributed by atoms with Gasteiger partial charge in [-0.1, -0.05) is 32.4 Å². The number of ketones is 1. The molecule has 0 unspecified atom stereocenters. The minimum Gasteiger partial charge on any atom is -0.349 e. The van der Waals surface area contributed by atoms with E-state index in [4.69, 9.17) is 0 Å². The summed E-state index contributed by atoms with van der Waals surface area (Å²) in [5, 5.41) is 8.06. The highest BCUT2D eigenvalue weighted by atomic mass is 16.2. The first kappa shape index (κ1) is 16.2. The maximum atomic E-state index is 11.9. The smallest absolute Gasteiger partial charge is 0.222 e. The number of aromatic nitrogens is 2. The Hall–Kier alpha value is -2.17. The van der Waals surface area contributed by atoms with Crippen LogP contribution in [-0.2, 0) is 16.1 Å². The highest BCUT2D eigenvalue weighted by molar-refractivity contribution is 5.89. The van der Waals surface area contributed by atoms with Gasteiger partial charge in [0, 0.05) is 17.2 Å². The monoisotopic (exact) mass is 301 g/mol. The van der Waals surface area contributed by atoms with Crippen LogP contribution in [0.3, 0.4) is 0 Å². The highest BCUT2D eigenvalue weighted by Gasteiger charge is 2.21. The Morgan fingerprint density at radius 1 is 1.27 bits per heavy atom. The molecule has 5 nitrogen and oxygen atoms in total. The van der Waals surface area contributed by atoms with Crippen LogP contribution in [0.4, 0.5) is 0 Å². The first-order valence-electron chi connectivity index (χ1n) is 7.49. The fourth-order valence-electron chi connectivity index (χ4n) is 2.12. The fraction of sp³-hybridized carbons (Fsp3) is 0.471. The molecule has 0 aliphatic heterocycles. The largest absolute Gasteiger partial charge is 0.349 e. The SMILES string of the molecule is Cc1ccc2c(cnn2CCC(=O)NCC(=O)C(C)(C)C)c1. The van der Waals surface area contributed by atoms with E-state index in [1.165, 1.54) is 5.56 Å². The number of hydrogen-bond donors (Lipinski definition) is 1. The molecule has 0 aliphatic rings. The molecule has 1 N–H and O–H groups in total. The number of hydrogen-bond acceptors (Lipinski definition) is 3. The van der Waals surface area contributed by atoms with Gasteiger partial charge in [0.05, 0.1) is 24.8 Å². The maximum Gasteiger partial charge on any atom is 0.222 e. The van der Waals surface area contributed by atoms with Crippen LogP contribution in [0.5, 0.6) is 0 Å². The summed E-state index contributed by atoms with van der Waals surface area (Å²) >= 11 is 0. The van der Waals surface area contributed by atoms with E-state index in [0.717, 1.165) is 10.9 Å². The Bertz CT molecular complexity index is 695. The van der Waals surface area contributed by atoms with Crippen molar-refractivity contribution in [1.82, 2.24) is 15.1 Å². The number of Topliss-reactive ketones (excluding diaryl/α,β-unsaturated/α-hetero) is 1.